The third-order valence-corrected chi connectivity index (χ3v) is 5.55. The maximum absolute atomic E-state index is 12.2. The van der Waals surface area contributed by atoms with Crippen molar-refractivity contribution in [3.63, 3.8) is 0 Å². The van der Waals surface area contributed by atoms with E-state index >= 15 is 0 Å². The quantitative estimate of drug-likeness (QED) is 0.668. The zero-order valence-electron chi connectivity index (χ0n) is 16.6. The molecule has 0 amide bonds. The molecule has 0 aliphatic carbocycles. The van der Waals surface area contributed by atoms with Crippen LogP contribution in [-0.2, 0) is 4.79 Å². The molecule has 152 valence electrons. The van der Waals surface area contributed by atoms with Crippen LogP contribution in [0.4, 0.5) is 5.69 Å². The molecule has 1 aromatic heterocycles. The van der Waals surface area contributed by atoms with Gasteiger partial charge in [0.1, 0.15) is 17.5 Å². The van der Waals surface area contributed by atoms with Gasteiger partial charge in [-0.25, -0.2) is 0 Å². The van der Waals surface area contributed by atoms with Gasteiger partial charge in [0.25, 0.3) is 0 Å². The molecule has 3 aromatic rings. The van der Waals surface area contributed by atoms with Crippen molar-refractivity contribution in [1.29, 1.82) is 0 Å². The van der Waals surface area contributed by atoms with Crippen molar-refractivity contribution >= 4 is 22.6 Å². The van der Waals surface area contributed by atoms with E-state index in [4.69, 9.17) is 9.47 Å². The molecule has 1 atom stereocenters. The van der Waals surface area contributed by atoms with Crippen LogP contribution in [0.25, 0.3) is 10.9 Å². The van der Waals surface area contributed by atoms with Crippen LogP contribution >= 0.6 is 0 Å². The number of H-pyrrole nitrogens is 1. The SMILES string of the molecule is COc1cccc(N2CCN([C@@H](C(=O)O)c3c[nH]c4ccc(OC)cc34)CC2)c1. The van der Waals surface area contributed by atoms with Crippen molar-refractivity contribution < 1.29 is 19.4 Å². The molecule has 0 unspecified atom stereocenters. The van der Waals surface area contributed by atoms with Crippen LogP contribution in [0.5, 0.6) is 11.5 Å². The zero-order valence-corrected chi connectivity index (χ0v) is 16.6. The number of carboxylic acid groups (broad SMARTS) is 1. The van der Waals surface area contributed by atoms with E-state index in [1.54, 1.807) is 20.4 Å². The summed E-state index contributed by atoms with van der Waals surface area (Å²) in [6.07, 6.45) is 1.80. The highest BCUT2D eigenvalue weighted by molar-refractivity contribution is 5.90. The van der Waals surface area contributed by atoms with Gasteiger partial charge in [-0.15, -0.1) is 0 Å². The summed E-state index contributed by atoms with van der Waals surface area (Å²) in [5.74, 6) is 0.690. The molecule has 1 aliphatic heterocycles. The summed E-state index contributed by atoms with van der Waals surface area (Å²) < 4.78 is 10.6. The number of hydrogen-bond donors (Lipinski definition) is 2. The molecule has 2 aromatic carbocycles. The van der Waals surface area contributed by atoms with E-state index in [1.165, 1.54) is 0 Å². The monoisotopic (exact) mass is 395 g/mol. The van der Waals surface area contributed by atoms with Crippen LogP contribution in [-0.4, -0.2) is 61.4 Å². The zero-order chi connectivity index (χ0) is 20.4. The molecule has 2 heterocycles. The number of aliphatic carboxylic acids is 1. The average Bonchev–Trinajstić information content (AvgIpc) is 3.17. The highest BCUT2D eigenvalue weighted by Crippen LogP contribution is 2.32. The first kappa shape index (κ1) is 19.1. The minimum Gasteiger partial charge on any atom is -0.497 e. The summed E-state index contributed by atoms with van der Waals surface area (Å²) in [6, 6.07) is 12.9. The Morgan fingerprint density at radius 3 is 2.45 bits per heavy atom. The van der Waals surface area contributed by atoms with Gasteiger partial charge in [-0.2, -0.15) is 0 Å². The number of hydrogen-bond acceptors (Lipinski definition) is 5. The van der Waals surface area contributed by atoms with E-state index in [0.29, 0.717) is 18.8 Å². The van der Waals surface area contributed by atoms with Crippen LogP contribution in [0.15, 0.2) is 48.7 Å². The number of benzene rings is 2. The molecular weight excluding hydrogens is 370 g/mol. The third kappa shape index (κ3) is 3.73. The number of rotatable bonds is 6. The van der Waals surface area contributed by atoms with Gasteiger partial charge in [0.2, 0.25) is 0 Å². The first-order valence-corrected chi connectivity index (χ1v) is 9.61. The van der Waals surface area contributed by atoms with Crippen molar-refractivity contribution in [3.05, 3.63) is 54.2 Å². The van der Waals surface area contributed by atoms with E-state index in [2.05, 4.69) is 16.0 Å². The third-order valence-electron chi connectivity index (χ3n) is 5.55. The van der Waals surface area contributed by atoms with E-state index in [-0.39, 0.29) is 0 Å². The molecule has 1 fully saturated rings. The second-order valence-corrected chi connectivity index (χ2v) is 7.12. The molecule has 1 saturated heterocycles. The number of piperazine rings is 1. The van der Waals surface area contributed by atoms with Crippen molar-refractivity contribution in [2.75, 3.05) is 45.3 Å². The smallest absolute Gasteiger partial charge is 0.325 e. The second-order valence-electron chi connectivity index (χ2n) is 7.12. The van der Waals surface area contributed by atoms with Gasteiger partial charge in [0.15, 0.2) is 0 Å². The fourth-order valence-corrected chi connectivity index (χ4v) is 4.01. The van der Waals surface area contributed by atoms with Gasteiger partial charge < -0.3 is 24.5 Å². The number of ether oxygens (including phenoxy) is 2. The lowest BCUT2D eigenvalue weighted by Gasteiger charge is -2.38. The van der Waals surface area contributed by atoms with Gasteiger partial charge in [-0.1, -0.05) is 6.07 Å². The first-order chi connectivity index (χ1) is 14.1. The Balaban J connectivity index is 1.56. The van der Waals surface area contributed by atoms with Crippen LogP contribution < -0.4 is 14.4 Å². The number of methoxy groups -OCH3 is 2. The molecule has 2 N–H and O–H groups in total. The number of aromatic amines is 1. The number of anilines is 1. The Bertz CT molecular complexity index is 1010. The number of nitrogens with one attached hydrogen (secondary N) is 1. The number of carboxylic acids is 1. The average molecular weight is 395 g/mol. The molecule has 7 heteroatoms. The molecular formula is C22H25N3O4. The Morgan fingerprint density at radius 1 is 1.03 bits per heavy atom. The lowest BCUT2D eigenvalue weighted by molar-refractivity contribution is -0.143. The molecule has 7 nitrogen and oxygen atoms in total. The molecule has 1 aliphatic rings. The molecule has 0 bridgehead atoms. The normalized spacial score (nSPS) is 16.0. The lowest BCUT2D eigenvalue weighted by Crippen LogP contribution is -2.49. The van der Waals surface area contributed by atoms with Crippen LogP contribution in [0, 0.1) is 0 Å². The van der Waals surface area contributed by atoms with Gasteiger partial charge in [-0.3, -0.25) is 9.69 Å². The highest BCUT2D eigenvalue weighted by atomic mass is 16.5. The van der Waals surface area contributed by atoms with Crippen LogP contribution in [0.1, 0.15) is 11.6 Å². The lowest BCUT2D eigenvalue weighted by atomic mass is 10.0. The summed E-state index contributed by atoms with van der Waals surface area (Å²) >= 11 is 0. The number of nitrogens with zero attached hydrogens (tertiary/aromatic N) is 2. The van der Waals surface area contributed by atoms with E-state index in [9.17, 15) is 9.90 Å². The predicted molar refractivity (Wildman–Crippen MR) is 112 cm³/mol. The van der Waals surface area contributed by atoms with E-state index in [0.717, 1.165) is 41.0 Å². The van der Waals surface area contributed by atoms with Gasteiger partial charge in [-0.05, 0) is 30.3 Å². The fraction of sp³-hybridized carbons (Fsp3) is 0.318. The maximum atomic E-state index is 12.2. The van der Waals surface area contributed by atoms with Gasteiger partial charge in [0, 0.05) is 60.6 Å². The van der Waals surface area contributed by atoms with Gasteiger partial charge in [0.05, 0.1) is 14.2 Å². The van der Waals surface area contributed by atoms with E-state index < -0.39 is 12.0 Å². The summed E-state index contributed by atoms with van der Waals surface area (Å²) in [4.78, 5) is 19.7. The topological polar surface area (TPSA) is 78.0 Å². The molecule has 0 radical (unpaired) electrons. The fourth-order valence-electron chi connectivity index (χ4n) is 4.01. The van der Waals surface area contributed by atoms with Gasteiger partial charge >= 0.3 is 5.97 Å². The Kier molecular flexibility index (Phi) is 5.31. The summed E-state index contributed by atoms with van der Waals surface area (Å²) in [7, 11) is 3.27. The molecule has 29 heavy (non-hydrogen) atoms. The van der Waals surface area contributed by atoms with Crippen LogP contribution in [0.3, 0.4) is 0 Å². The summed E-state index contributed by atoms with van der Waals surface area (Å²) in [5, 5.41) is 10.9. The van der Waals surface area contributed by atoms with Crippen molar-refractivity contribution in [2.45, 2.75) is 6.04 Å². The van der Waals surface area contributed by atoms with Crippen molar-refractivity contribution in [3.8, 4) is 11.5 Å². The minimum atomic E-state index is -0.844. The Hall–Kier alpha value is -3.19. The van der Waals surface area contributed by atoms with E-state index in [1.807, 2.05) is 41.3 Å². The van der Waals surface area contributed by atoms with Crippen molar-refractivity contribution in [2.24, 2.45) is 0 Å². The second kappa shape index (κ2) is 8.05. The Labute approximate surface area is 169 Å². The highest BCUT2D eigenvalue weighted by Gasteiger charge is 2.32. The summed E-state index contributed by atoms with van der Waals surface area (Å²) in [5.41, 5.74) is 2.76. The number of carbonyl (C=O) groups is 1. The molecule has 0 spiro atoms. The molecule has 4 rings (SSSR count). The number of fused-ring (bicyclic) bond motifs is 1. The molecule has 0 saturated carbocycles. The largest absolute Gasteiger partial charge is 0.497 e. The Morgan fingerprint density at radius 2 is 1.76 bits per heavy atom. The minimum absolute atomic E-state index is 0.658. The van der Waals surface area contributed by atoms with Crippen molar-refractivity contribution in [1.82, 2.24) is 9.88 Å². The predicted octanol–water partition coefficient (Wildman–Crippen LogP) is 3.13. The first-order valence-electron chi connectivity index (χ1n) is 9.61. The standard InChI is InChI=1S/C22H25N3O4/c1-28-16-5-3-4-15(12-16)24-8-10-25(11-9-24)21(22(26)27)19-14-23-20-7-6-17(29-2)13-18(19)20/h3-7,12-14,21,23H,8-11H2,1-2H3,(H,26,27)/t21-/m1/s1. The van der Waals surface area contributed by atoms with Crippen LogP contribution in [0.2, 0.25) is 0 Å². The number of aromatic nitrogens is 1. The summed E-state index contributed by atoms with van der Waals surface area (Å²) in [6.45, 7) is 2.82. The maximum Gasteiger partial charge on any atom is 0.325 e.